The van der Waals surface area contributed by atoms with Crippen LogP contribution in [0.2, 0.25) is 0 Å². The molecule has 0 unspecified atom stereocenters. The molecule has 0 saturated carbocycles. The maximum Gasteiger partial charge on any atom is 0.161 e. The van der Waals surface area contributed by atoms with Crippen molar-refractivity contribution in [2.24, 2.45) is 0 Å². The fourth-order valence-corrected chi connectivity index (χ4v) is 3.59. The van der Waals surface area contributed by atoms with Crippen LogP contribution in [-0.2, 0) is 6.42 Å². The Labute approximate surface area is 145 Å². The van der Waals surface area contributed by atoms with Gasteiger partial charge in [-0.25, -0.2) is 0 Å². The summed E-state index contributed by atoms with van der Waals surface area (Å²) in [6, 6.07) is 15.7. The van der Waals surface area contributed by atoms with Gasteiger partial charge in [-0.3, -0.25) is 0 Å². The number of benzene rings is 2. The minimum Gasteiger partial charge on any atom is -0.493 e. The second kappa shape index (κ2) is 7.71. The third kappa shape index (κ3) is 3.41. The number of unbranched alkanes of at least 4 members (excludes halogenated alkanes) is 1. The number of hydrogen-bond acceptors (Lipinski definition) is 3. The number of fused-ring (bicyclic) bond motifs is 1. The van der Waals surface area contributed by atoms with Crippen LogP contribution in [0.25, 0.3) is 0 Å². The zero-order valence-corrected chi connectivity index (χ0v) is 14.8. The fourth-order valence-electron chi connectivity index (χ4n) is 3.59. The predicted octanol–water partition coefficient (Wildman–Crippen LogP) is 4.50. The van der Waals surface area contributed by atoms with E-state index in [9.17, 15) is 0 Å². The normalized spacial score (nSPS) is 19.6. The molecule has 0 radical (unpaired) electrons. The van der Waals surface area contributed by atoms with E-state index in [0.29, 0.717) is 6.04 Å². The predicted molar refractivity (Wildman–Crippen MR) is 98.0 cm³/mol. The van der Waals surface area contributed by atoms with E-state index in [1.807, 2.05) is 0 Å². The standard InChI is InChI=1S/C21H27NO2/c1-4-5-11-17-12-16-13-19(23-2)20(24-3)14-18(16)21(22-17)15-9-7-6-8-10-15/h6-10,13-14,17,21-22H,4-5,11-12H2,1-3H3/t17-,21+/m1/s1. The summed E-state index contributed by atoms with van der Waals surface area (Å²) in [6.07, 6.45) is 4.72. The van der Waals surface area contributed by atoms with Crippen molar-refractivity contribution in [1.29, 1.82) is 0 Å². The van der Waals surface area contributed by atoms with Gasteiger partial charge < -0.3 is 14.8 Å². The van der Waals surface area contributed by atoms with Crippen molar-refractivity contribution in [3.63, 3.8) is 0 Å². The van der Waals surface area contributed by atoms with Crippen LogP contribution >= 0.6 is 0 Å². The molecule has 0 aliphatic carbocycles. The minimum absolute atomic E-state index is 0.205. The molecular formula is C21H27NO2. The minimum atomic E-state index is 0.205. The Hall–Kier alpha value is -2.00. The molecule has 2 atom stereocenters. The largest absolute Gasteiger partial charge is 0.493 e. The summed E-state index contributed by atoms with van der Waals surface area (Å²) >= 11 is 0. The maximum atomic E-state index is 5.53. The van der Waals surface area contributed by atoms with E-state index in [0.717, 1.165) is 17.9 Å². The Morgan fingerprint density at radius 2 is 1.75 bits per heavy atom. The third-order valence-electron chi connectivity index (χ3n) is 4.86. The second-order valence-corrected chi connectivity index (χ2v) is 6.46. The summed E-state index contributed by atoms with van der Waals surface area (Å²) in [4.78, 5) is 0. The van der Waals surface area contributed by atoms with Crippen molar-refractivity contribution in [2.45, 2.75) is 44.7 Å². The molecule has 1 aliphatic heterocycles. The monoisotopic (exact) mass is 325 g/mol. The molecule has 0 saturated heterocycles. The van der Waals surface area contributed by atoms with Crippen molar-refractivity contribution in [3.8, 4) is 11.5 Å². The molecule has 2 aromatic carbocycles. The van der Waals surface area contributed by atoms with E-state index in [2.05, 4.69) is 54.7 Å². The number of methoxy groups -OCH3 is 2. The lowest BCUT2D eigenvalue weighted by atomic mass is 9.85. The lowest BCUT2D eigenvalue weighted by Crippen LogP contribution is -2.40. The molecular weight excluding hydrogens is 298 g/mol. The average molecular weight is 325 g/mol. The number of rotatable bonds is 6. The van der Waals surface area contributed by atoms with Gasteiger partial charge >= 0.3 is 0 Å². The highest BCUT2D eigenvalue weighted by Gasteiger charge is 2.28. The van der Waals surface area contributed by atoms with Crippen LogP contribution in [-0.4, -0.2) is 20.3 Å². The number of hydrogen-bond donors (Lipinski definition) is 1. The van der Waals surface area contributed by atoms with Crippen molar-refractivity contribution >= 4 is 0 Å². The molecule has 0 amide bonds. The Morgan fingerprint density at radius 1 is 1.04 bits per heavy atom. The fraction of sp³-hybridized carbons (Fsp3) is 0.429. The van der Waals surface area contributed by atoms with Crippen LogP contribution in [0.15, 0.2) is 42.5 Å². The molecule has 128 valence electrons. The molecule has 2 aromatic rings. The van der Waals surface area contributed by atoms with E-state index in [1.165, 1.54) is 36.0 Å². The van der Waals surface area contributed by atoms with E-state index in [4.69, 9.17) is 9.47 Å². The smallest absolute Gasteiger partial charge is 0.161 e. The zero-order valence-electron chi connectivity index (χ0n) is 14.8. The van der Waals surface area contributed by atoms with Gasteiger partial charge in [0.1, 0.15) is 0 Å². The molecule has 3 heteroatoms. The lowest BCUT2D eigenvalue weighted by Gasteiger charge is -2.34. The van der Waals surface area contributed by atoms with Crippen molar-refractivity contribution < 1.29 is 9.47 Å². The van der Waals surface area contributed by atoms with Crippen molar-refractivity contribution in [3.05, 3.63) is 59.2 Å². The molecule has 1 heterocycles. The van der Waals surface area contributed by atoms with Gasteiger partial charge in [0.05, 0.1) is 20.3 Å². The number of ether oxygens (including phenoxy) is 2. The van der Waals surface area contributed by atoms with Gasteiger partial charge in [-0.05, 0) is 41.7 Å². The summed E-state index contributed by atoms with van der Waals surface area (Å²) in [5.41, 5.74) is 3.96. The summed E-state index contributed by atoms with van der Waals surface area (Å²) < 4.78 is 11.0. The molecule has 0 bridgehead atoms. The lowest BCUT2D eigenvalue weighted by molar-refractivity contribution is 0.349. The summed E-state index contributed by atoms with van der Waals surface area (Å²) in [5, 5.41) is 3.85. The molecule has 1 N–H and O–H groups in total. The van der Waals surface area contributed by atoms with E-state index < -0.39 is 0 Å². The average Bonchev–Trinajstić information content (AvgIpc) is 2.65. The first-order valence-electron chi connectivity index (χ1n) is 8.82. The molecule has 1 aliphatic rings. The molecule has 0 spiro atoms. The summed E-state index contributed by atoms with van der Waals surface area (Å²) in [6.45, 7) is 2.25. The zero-order chi connectivity index (χ0) is 16.9. The van der Waals surface area contributed by atoms with Crippen LogP contribution in [0.3, 0.4) is 0 Å². The van der Waals surface area contributed by atoms with Gasteiger partial charge in [0.15, 0.2) is 11.5 Å². The first-order chi connectivity index (χ1) is 11.8. The highest BCUT2D eigenvalue weighted by molar-refractivity contribution is 5.51. The molecule has 24 heavy (non-hydrogen) atoms. The van der Waals surface area contributed by atoms with Gasteiger partial charge in [0, 0.05) is 6.04 Å². The first-order valence-corrected chi connectivity index (χ1v) is 8.82. The third-order valence-corrected chi connectivity index (χ3v) is 4.86. The Balaban J connectivity index is 2.02. The van der Waals surface area contributed by atoms with Crippen LogP contribution in [0, 0.1) is 0 Å². The maximum absolute atomic E-state index is 5.53. The van der Waals surface area contributed by atoms with Crippen molar-refractivity contribution in [1.82, 2.24) is 5.32 Å². The molecule has 0 aromatic heterocycles. The van der Waals surface area contributed by atoms with E-state index in [1.54, 1.807) is 14.2 Å². The van der Waals surface area contributed by atoms with Crippen molar-refractivity contribution in [2.75, 3.05) is 14.2 Å². The SMILES string of the molecule is CCCC[C@@H]1Cc2cc(OC)c(OC)cc2[C@H](c2ccccc2)N1. The summed E-state index contributed by atoms with van der Waals surface area (Å²) in [7, 11) is 3.40. The van der Waals surface area contributed by atoms with Gasteiger partial charge in [-0.2, -0.15) is 0 Å². The topological polar surface area (TPSA) is 30.5 Å². The number of nitrogens with one attached hydrogen (secondary N) is 1. The first kappa shape index (κ1) is 16.8. The van der Waals surface area contributed by atoms with Crippen LogP contribution in [0.5, 0.6) is 11.5 Å². The Morgan fingerprint density at radius 3 is 2.42 bits per heavy atom. The van der Waals surface area contributed by atoms with E-state index in [-0.39, 0.29) is 6.04 Å². The quantitative estimate of drug-likeness (QED) is 0.848. The van der Waals surface area contributed by atoms with Gasteiger partial charge in [-0.1, -0.05) is 50.1 Å². The second-order valence-electron chi connectivity index (χ2n) is 6.46. The Bertz CT molecular complexity index is 669. The molecule has 3 rings (SSSR count). The van der Waals surface area contributed by atoms with Gasteiger partial charge in [0.25, 0.3) is 0 Å². The molecule has 0 fully saturated rings. The van der Waals surface area contributed by atoms with Gasteiger partial charge in [0.2, 0.25) is 0 Å². The highest BCUT2D eigenvalue weighted by atomic mass is 16.5. The highest BCUT2D eigenvalue weighted by Crippen LogP contribution is 2.39. The molecule has 3 nitrogen and oxygen atoms in total. The van der Waals surface area contributed by atoms with Gasteiger partial charge in [-0.15, -0.1) is 0 Å². The van der Waals surface area contributed by atoms with Crippen LogP contribution in [0.1, 0.15) is 48.9 Å². The summed E-state index contributed by atoms with van der Waals surface area (Å²) in [5.74, 6) is 1.62. The Kier molecular flexibility index (Phi) is 5.41. The van der Waals surface area contributed by atoms with Crippen LogP contribution in [0.4, 0.5) is 0 Å². The van der Waals surface area contributed by atoms with E-state index >= 15 is 0 Å². The van der Waals surface area contributed by atoms with Crippen LogP contribution < -0.4 is 14.8 Å².